The van der Waals surface area contributed by atoms with Gasteiger partial charge in [-0.3, -0.25) is 0 Å². The summed E-state index contributed by atoms with van der Waals surface area (Å²) >= 11 is 0. The maximum Gasteiger partial charge on any atom is 0.107 e. The number of likely N-dealkylation sites (tertiary alicyclic amines) is 1. The van der Waals surface area contributed by atoms with Gasteiger partial charge >= 0.3 is 0 Å². The molecule has 2 nitrogen and oxygen atoms in total. The van der Waals surface area contributed by atoms with Crippen molar-refractivity contribution >= 4 is 0 Å². The first-order valence-corrected chi connectivity index (χ1v) is 4.77. The van der Waals surface area contributed by atoms with Crippen molar-refractivity contribution in [2.45, 2.75) is 31.7 Å². The van der Waals surface area contributed by atoms with Gasteiger partial charge in [-0.05, 0) is 38.9 Å². The second-order valence-electron chi connectivity index (χ2n) is 3.78. The quantitative estimate of drug-likeness (QED) is 0.680. The number of hydrogen-bond acceptors (Lipinski definition) is 2. The van der Waals surface area contributed by atoms with Crippen molar-refractivity contribution in [3.8, 4) is 0 Å². The Kier molecular flexibility index (Phi) is 3.47. The maximum absolute atomic E-state index is 12.5. The van der Waals surface area contributed by atoms with Crippen LogP contribution in [-0.2, 0) is 0 Å². The lowest BCUT2D eigenvalue weighted by Crippen LogP contribution is -2.42. The Morgan fingerprint density at radius 3 is 2.75 bits per heavy atom. The predicted octanol–water partition coefficient (Wildman–Crippen LogP) is 1.16. The van der Waals surface area contributed by atoms with E-state index in [4.69, 9.17) is 5.73 Å². The summed E-state index contributed by atoms with van der Waals surface area (Å²) in [6.45, 7) is 4.86. The third-order valence-corrected chi connectivity index (χ3v) is 2.79. The molecule has 1 unspecified atom stereocenters. The van der Waals surface area contributed by atoms with E-state index in [9.17, 15) is 4.39 Å². The van der Waals surface area contributed by atoms with Crippen LogP contribution in [0.4, 0.5) is 4.39 Å². The summed E-state index contributed by atoms with van der Waals surface area (Å²) in [4.78, 5) is 2.34. The van der Waals surface area contributed by atoms with Crippen LogP contribution >= 0.6 is 0 Å². The normalized spacial score (nSPS) is 33.2. The zero-order chi connectivity index (χ0) is 9.03. The second-order valence-corrected chi connectivity index (χ2v) is 3.78. The molecule has 1 heterocycles. The summed E-state index contributed by atoms with van der Waals surface area (Å²) in [5.74, 6) is 0. The van der Waals surface area contributed by atoms with E-state index in [2.05, 4.69) is 11.8 Å². The topological polar surface area (TPSA) is 29.3 Å². The highest BCUT2D eigenvalue weighted by atomic mass is 19.1. The molecule has 1 aliphatic rings. The molecule has 0 aromatic carbocycles. The molecule has 2 N–H and O–H groups in total. The molecule has 1 rings (SSSR count). The average Bonchev–Trinajstić information content (AvgIpc) is 2.28. The molecule has 0 spiro atoms. The monoisotopic (exact) mass is 174 g/mol. The van der Waals surface area contributed by atoms with Crippen molar-refractivity contribution in [1.29, 1.82) is 0 Å². The standard InChI is InChI=1S/C9H19FN2/c1-2-12-6-3-4-9(11,8-10)5-7-12/h2-8,11H2,1H3. The average molecular weight is 174 g/mol. The number of hydrogen-bond donors (Lipinski definition) is 1. The molecular weight excluding hydrogens is 155 g/mol. The number of nitrogens with zero attached hydrogens (tertiary/aromatic N) is 1. The third-order valence-electron chi connectivity index (χ3n) is 2.79. The van der Waals surface area contributed by atoms with Crippen LogP contribution in [0.15, 0.2) is 0 Å². The first-order valence-electron chi connectivity index (χ1n) is 4.77. The molecule has 0 radical (unpaired) electrons. The summed E-state index contributed by atoms with van der Waals surface area (Å²) in [6, 6.07) is 0. The van der Waals surface area contributed by atoms with Crippen molar-refractivity contribution in [3.05, 3.63) is 0 Å². The SMILES string of the molecule is CCN1CCCC(N)(CF)CC1. The number of nitrogens with two attached hydrogens (primary N) is 1. The van der Waals surface area contributed by atoms with Crippen LogP contribution in [0.2, 0.25) is 0 Å². The van der Waals surface area contributed by atoms with E-state index in [1.165, 1.54) is 0 Å². The highest BCUT2D eigenvalue weighted by Gasteiger charge is 2.27. The van der Waals surface area contributed by atoms with E-state index >= 15 is 0 Å². The van der Waals surface area contributed by atoms with E-state index < -0.39 is 5.54 Å². The summed E-state index contributed by atoms with van der Waals surface area (Å²) in [6.07, 6.45) is 2.67. The van der Waals surface area contributed by atoms with Crippen LogP contribution in [0.5, 0.6) is 0 Å². The van der Waals surface area contributed by atoms with Crippen molar-refractivity contribution < 1.29 is 4.39 Å². The van der Waals surface area contributed by atoms with Crippen LogP contribution in [0.3, 0.4) is 0 Å². The van der Waals surface area contributed by atoms with Crippen molar-refractivity contribution in [2.75, 3.05) is 26.3 Å². The zero-order valence-electron chi connectivity index (χ0n) is 7.85. The van der Waals surface area contributed by atoms with E-state index in [1.54, 1.807) is 0 Å². The van der Waals surface area contributed by atoms with Gasteiger partial charge in [-0.25, -0.2) is 4.39 Å². The van der Waals surface area contributed by atoms with Crippen molar-refractivity contribution in [1.82, 2.24) is 4.90 Å². The lowest BCUT2D eigenvalue weighted by molar-refractivity contribution is 0.258. The summed E-state index contributed by atoms with van der Waals surface area (Å²) in [5.41, 5.74) is 5.35. The first-order chi connectivity index (χ1) is 5.70. The Hall–Kier alpha value is -0.150. The van der Waals surface area contributed by atoms with Crippen LogP contribution < -0.4 is 5.73 Å². The Morgan fingerprint density at radius 2 is 2.17 bits per heavy atom. The number of rotatable bonds is 2. The lowest BCUT2D eigenvalue weighted by atomic mass is 9.94. The van der Waals surface area contributed by atoms with Gasteiger partial charge in [0, 0.05) is 5.54 Å². The zero-order valence-corrected chi connectivity index (χ0v) is 7.85. The molecule has 0 bridgehead atoms. The van der Waals surface area contributed by atoms with E-state index in [0.717, 1.165) is 38.9 Å². The highest BCUT2D eigenvalue weighted by Crippen LogP contribution is 2.19. The molecule has 0 aromatic rings. The van der Waals surface area contributed by atoms with Gasteiger partial charge in [-0.2, -0.15) is 0 Å². The van der Waals surface area contributed by atoms with Gasteiger partial charge in [0.2, 0.25) is 0 Å². The number of halogens is 1. The Bertz CT molecular complexity index is 140. The molecule has 0 aliphatic carbocycles. The molecule has 1 aliphatic heterocycles. The van der Waals surface area contributed by atoms with E-state index in [-0.39, 0.29) is 6.67 Å². The van der Waals surface area contributed by atoms with E-state index in [1.807, 2.05) is 0 Å². The maximum atomic E-state index is 12.5. The van der Waals surface area contributed by atoms with Gasteiger partial charge < -0.3 is 10.6 Å². The van der Waals surface area contributed by atoms with Crippen LogP contribution in [-0.4, -0.2) is 36.7 Å². The minimum absolute atomic E-state index is 0.370. The molecule has 1 fully saturated rings. The predicted molar refractivity (Wildman–Crippen MR) is 48.9 cm³/mol. The molecule has 12 heavy (non-hydrogen) atoms. The summed E-state index contributed by atoms with van der Waals surface area (Å²) in [7, 11) is 0. The summed E-state index contributed by atoms with van der Waals surface area (Å²) < 4.78 is 12.5. The highest BCUT2D eigenvalue weighted by molar-refractivity contribution is 4.87. The largest absolute Gasteiger partial charge is 0.323 e. The van der Waals surface area contributed by atoms with Gasteiger partial charge in [0.1, 0.15) is 6.67 Å². The third kappa shape index (κ3) is 2.42. The van der Waals surface area contributed by atoms with E-state index in [0.29, 0.717) is 0 Å². The smallest absolute Gasteiger partial charge is 0.107 e. The molecule has 3 heteroatoms. The van der Waals surface area contributed by atoms with Gasteiger partial charge in [0.25, 0.3) is 0 Å². The second kappa shape index (κ2) is 4.19. The Labute approximate surface area is 73.9 Å². The Morgan fingerprint density at radius 1 is 1.42 bits per heavy atom. The van der Waals surface area contributed by atoms with Crippen LogP contribution in [0.1, 0.15) is 26.2 Å². The van der Waals surface area contributed by atoms with Gasteiger partial charge in [-0.1, -0.05) is 6.92 Å². The first kappa shape index (κ1) is 9.93. The molecule has 0 saturated carbocycles. The minimum atomic E-state index is -0.524. The Balaban J connectivity index is 2.44. The summed E-state index contributed by atoms with van der Waals surface area (Å²) in [5, 5.41) is 0. The van der Waals surface area contributed by atoms with Crippen molar-refractivity contribution in [2.24, 2.45) is 5.73 Å². The minimum Gasteiger partial charge on any atom is -0.323 e. The molecule has 1 saturated heterocycles. The fourth-order valence-electron chi connectivity index (χ4n) is 1.72. The molecule has 72 valence electrons. The lowest BCUT2D eigenvalue weighted by Gasteiger charge is -2.24. The molecular formula is C9H19FN2. The molecule has 1 atom stereocenters. The fourth-order valence-corrected chi connectivity index (χ4v) is 1.72. The number of alkyl halides is 1. The van der Waals surface area contributed by atoms with Gasteiger partial charge in [0.05, 0.1) is 0 Å². The van der Waals surface area contributed by atoms with Crippen molar-refractivity contribution in [3.63, 3.8) is 0 Å². The van der Waals surface area contributed by atoms with Gasteiger partial charge in [-0.15, -0.1) is 0 Å². The fraction of sp³-hybridized carbons (Fsp3) is 1.00. The molecule has 0 aromatic heterocycles. The molecule has 0 amide bonds. The van der Waals surface area contributed by atoms with Crippen LogP contribution in [0.25, 0.3) is 0 Å². The van der Waals surface area contributed by atoms with Crippen LogP contribution in [0, 0.1) is 0 Å². The van der Waals surface area contributed by atoms with Gasteiger partial charge in [0.15, 0.2) is 0 Å².